The van der Waals surface area contributed by atoms with Gasteiger partial charge in [-0.25, -0.2) is 0 Å². The first-order valence-electron chi connectivity index (χ1n) is 7.47. The van der Waals surface area contributed by atoms with Gasteiger partial charge in [-0.05, 0) is 37.0 Å². The fourth-order valence-electron chi connectivity index (χ4n) is 3.38. The van der Waals surface area contributed by atoms with Crippen LogP contribution in [0, 0.1) is 5.92 Å². The molecule has 4 nitrogen and oxygen atoms in total. The van der Waals surface area contributed by atoms with Crippen LogP contribution in [-0.2, 0) is 4.79 Å². The molecule has 2 amide bonds. The minimum atomic E-state index is -0.0290. The number of benzene rings is 1. The lowest BCUT2D eigenvalue weighted by atomic mass is 9.94. The topological polar surface area (TPSA) is 40.6 Å². The molecule has 22 heavy (non-hydrogen) atoms. The molecule has 0 aromatic heterocycles. The summed E-state index contributed by atoms with van der Waals surface area (Å²) < 4.78 is 0. The molecule has 3 heterocycles. The van der Waals surface area contributed by atoms with Crippen LogP contribution in [0.5, 0.6) is 0 Å². The van der Waals surface area contributed by atoms with Gasteiger partial charge in [0.05, 0.1) is 10.0 Å². The summed E-state index contributed by atoms with van der Waals surface area (Å²) >= 11 is 11.9. The molecular formula is C16H18Cl2N2O2. The third-order valence-electron chi connectivity index (χ3n) is 4.59. The second kappa shape index (κ2) is 6.09. The molecule has 2 bridgehead atoms. The maximum atomic E-state index is 12.8. The molecule has 1 aromatic rings. The highest BCUT2D eigenvalue weighted by Gasteiger charge is 2.38. The number of rotatable bonds is 1. The number of carbonyl (C=O) groups is 2. The van der Waals surface area contributed by atoms with E-state index in [0.29, 0.717) is 34.6 Å². The standard InChI is InChI=1S/C16H18Cl2N2O2/c1-10(21)19-7-11-2-4-13(9-19)20(8-11)16(22)12-3-5-14(17)15(18)6-12/h3,5-6,11,13H,2,4,7-9H2,1H3. The van der Waals surface area contributed by atoms with Gasteiger partial charge in [-0.3, -0.25) is 9.59 Å². The number of fused-ring (bicyclic) bond motifs is 4. The van der Waals surface area contributed by atoms with Crippen molar-refractivity contribution in [3.63, 3.8) is 0 Å². The van der Waals surface area contributed by atoms with Gasteiger partial charge in [0.25, 0.3) is 5.91 Å². The summed E-state index contributed by atoms with van der Waals surface area (Å²) in [6, 6.07) is 5.06. The summed E-state index contributed by atoms with van der Waals surface area (Å²) in [6.07, 6.45) is 2.01. The van der Waals surface area contributed by atoms with Crippen LogP contribution < -0.4 is 0 Å². The molecule has 0 radical (unpaired) electrons. The molecule has 3 aliphatic rings. The Hall–Kier alpha value is -1.26. The van der Waals surface area contributed by atoms with Crippen molar-refractivity contribution in [2.24, 2.45) is 5.92 Å². The zero-order valence-electron chi connectivity index (χ0n) is 12.4. The fourth-order valence-corrected chi connectivity index (χ4v) is 3.68. The second-order valence-electron chi connectivity index (χ2n) is 6.11. The Labute approximate surface area is 140 Å². The van der Waals surface area contributed by atoms with E-state index in [2.05, 4.69) is 0 Å². The normalized spacial score (nSPS) is 24.3. The summed E-state index contributed by atoms with van der Waals surface area (Å²) in [5, 5.41) is 0.830. The summed E-state index contributed by atoms with van der Waals surface area (Å²) in [7, 11) is 0. The summed E-state index contributed by atoms with van der Waals surface area (Å²) in [6.45, 7) is 3.67. The molecule has 0 saturated carbocycles. The highest BCUT2D eigenvalue weighted by molar-refractivity contribution is 6.42. The van der Waals surface area contributed by atoms with Gasteiger partial charge in [0.2, 0.25) is 5.91 Å². The maximum absolute atomic E-state index is 12.8. The largest absolute Gasteiger partial charge is 0.341 e. The first-order chi connectivity index (χ1) is 10.5. The molecular weight excluding hydrogens is 323 g/mol. The third kappa shape index (κ3) is 2.95. The van der Waals surface area contributed by atoms with Crippen molar-refractivity contribution in [2.45, 2.75) is 25.8 Å². The Balaban J connectivity index is 1.84. The van der Waals surface area contributed by atoms with Crippen molar-refractivity contribution in [2.75, 3.05) is 19.6 Å². The van der Waals surface area contributed by atoms with Crippen LogP contribution in [-0.4, -0.2) is 47.3 Å². The van der Waals surface area contributed by atoms with Gasteiger partial charge in [-0.1, -0.05) is 23.2 Å². The molecule has 3 aliphatic heterocycles. The van der Waals surface area contributed by atoms with E-state index in [1.54, 1.807) is 25.1 Å². The summed E-state index contributed by atoms with van der Waals surface area (Å²) in [5.41, 5.74) is 0.552. The maximum Gasteiger partial charge on any atom is 0.254 e. The minimum Gasteiger partial charge on any atom is -0.341 e. The number of amides is 2. The molecule has 3 saturated heterocycles. The Kier molecular flexibility index (Phi) is 4.33. The lowest BCUT2D eigenvalue weighted by Gasteiger charge is -2.36. The van der Waals surface area contributed by atoms with Gasteiger partial charge in [0.15, 0.2) is 0 Å². The van der Waals surface area contributed by atoms with E-state index in [1.807, 2.05) is 9.80 Å². The molecule has 0 aliphatic carbocycles. The zero-order chi connectivity index (χ0) is 15.9. The zero-order valence-corrected chi connectivity index (χ0v) is 13.9. The van der Waals surface area contributed by atoms with Crippen LogP contribution in [0.4, 0.5) is 0 Å². The van der Waals surface area contributed by atoms with E-state index < -0.39 is 0 Å². The van der Waals surface area contributed by atoms with Crippen molar-refractivity contribution in [1.29, 1.82) is 0 Å². The van der Waals surface area contributed by atoms with Crippen LogP contribution in [0.2, 0.25) is 10.0 Å². The Morgan fingerprint density at radius 3 is 2.55 bits per heavy atom. The van der Waals surface area contributed by atoms with Crippen molar-refractivity contribution in [1.82, 2.24) is 9.80 Å². The average molecular weight is 341 g/mol. The SMILES string of the molecule is CC(=O)N1CC2CCC(C1)N(C(=O)c1ccc(Cl)c(Cl)c1)C2. The number of halogens is 2. The Morgan fingerprint density at radius 1 is 1.09 bits per heavy atom. The number of nitrogens with zero attached hydrogens (tertiary/aromatic N) is 2. The molecule has 6 heteroatoms. The van der Waals surface area contributed by atoms with Crippen molar-refractivity contribution >= 4 is 35.0 Å². The van der Waals surface area contributed by atoms with E-state index in [-0.39, 0.29) is 17.9 Å². The van der Waals surface area contributed by atoms with Crippen LogP contribution in [0.25, 0.3) is 0 Å². The van der Waals surface area contributed by atoms with Gasteiger partial charge < -0.3 is 9.80 Å². The van der Waals surface area contributed by atoms with E-state index in [0.717, 1.165) is 19.4 Å². The Morgan fingerprint density at radius 2 is 1.86 bits per heavy atom. The number of carbonyl (C=O) groups excluding carboxylic acids is 2. The van der Waals surface area contributed by atoms with E-state index in [1.165, 1.54) is 0 Å². The third-order valence-corrected chi connectivity index (χ3v) is 5.33. The quantitative estimate of drug-likeness (QED) is 0.788. The fraction of sp³-hybridized carbons (Fsp3) is 0.500. The molecule has 118 valence electrons. The van der Waals surface area contributed by atoms with Gasteiger partial charge in [-0.2, -0.15) is 0 Å². The summed E-state index contributed by atoms with van der Waals surface area (Å²) in [5.74, 6) is 0.411. The highest BCUT2D eigenvalue weighted by atomic mass is 35.5. The smallest absolute Gasteiger partial charge is 0.254 e. The average Bonchev–Trinajstić information content (AvgIpc) is 2.81. The molecule has 4 rings (SSSR count). The molecule has 0 spiro atoms. The predicted octanol–water partition coefficient (Wildman–Crippen LogP) is 3.08. The first kappa shape index (κ1) is 15.6. The first-order valence-corrected chi connectivity index (χ1v) is 8.23. The van der Waals surface area contributed by atoms with Crippen molar-refractivity contribution < 1.29 is 9.59 Å². The van der Waals surface area contributed by atoms with Gasteiger partial charge in [0, 0.05) is 38.2 Å². The van der Waals surface area contributed by atoms with E-state index >= 15 is 0 Å². The monoisotopic (exact) mass is 340 g/mol. The second-order valence-corrected chi connectivity index (χ2v) is 6.92. The predicted molar refractivity (Wildman–Crippen MR) is 86.3 cm³/mol. The lowest BCUT2D eigenvalue weighted by molar-refractivity contribution is -0.129. The number of hydrogen-bond acceptors (Lipinski definition) is 2. The van der Waals surface area contributed by atoms with Crippen LogP contribution >= 0.6 is 23.2 Å². The number of piperidine rings is 1. The van der Waals surface area contributed by atoms with Crippen molar-refractivity contribution in [3.05, 3.63) is 33.8 Å². The van der Waals surface area contributed by atoms with Gasteiger partial charge in [-0.15, -0.1) is 0 Å². The van der Waals surface area contributed by atoms with E-state index in [4.69, 9.17) is 23.2 Å². The molecule has 3 fully saturated rings. The lowest BCUT2D eigenvalue weighted by Crippen LogP contribution is -2.47. The Bertz CT molecular complexity index is 620. The molecule has 1 aromatic carbocycles. The van der Waals surface area contributed by atoms with Crippen LogP contribution in [0.3, 0.4) is 0 Å². The van der Waals surface area contributed by atoms with Gasteiger partial charge >= 0.3 is 0 Å². The number of hydrogen-bond donors (Lipinski definition) is 0. The highest BCUT2D eigenvalue weighted by Crippen LogP contribution is 2.30. The van der Waals surface area contributed by atoms with Crippen LogP contribution in [0.1, 0.15) is 30.1 Å². The van der Waals surface area contributed by atoms with Crippen molar-refractivity contribution in [3.8, 4) is 0 Å². The minimum absolute atomic E-state index is 0.0290. The molecule has 2 atom stereocenters. The van der Waals surface area contributed by atoms with E-state index in [9.17, 15) is 9.59 Å². The molecule has 0 N–H and O–H groups in total. The summed E-state index contributed by atoms with van der Waals surface area (Å²) in [4.78, 5) is 28.3. The van der Waals surface area contributed by atoms with Crippen LogP contribution in [0.15, 0.2) is 18.2 Å². The molecule has 2 unspecified atom stereocenters. The van der Waals surface area contributed by atoms with Gasteiger partial charge in [0.1, 0.15) is 0 Å².